The molecule has 0 atom stereocenters. The standard InChI is InChI=1S/C19H20F2N4O2/c20-19(21)27-17-11-13(1-3-16(17)26)15-5-8-25-12-14(2-4-18(25)23-15)24-9-6-22-7-10-24/h1-5,11-12,19,22,26H,6-10H2. The summed E-state index contributed by atoms with van der Waals surface area (Å²) < 4.78 is 29.3. The van der Waals surface area contributed by atoms with Gasteiger partial charge in [0.2, 0.25) is 0 Å². The number of phenols is 1. The molecule has 1 aromatic rings. The maximum atomic E-state index is 12.5. The van der Waals surface area contributed by atoms with Crippen molar-refractivity contribution >= 4 is 11.5 Å². The fourth-order valence-corrected chi connectivity index (χ4v) is 3.28. The second-order valence-corrected chi connectivity index (χ2v) is 6.40. The summed E-state index contributed by atoms with van der Waals surface area (Å²) in [6.45, 7) is 1.51. The van der Waals surface area contributed by atoms with Crippen LogP contribution in [0.4, 0.5) is 8.78 Å². The fraction of sp³-hybridized carbons (Fsp3) is 0.316. The van der Waals surface area contributed by atoms with Gasteiger partial charge in [0, 0.05) is 44.5 Å². The van der Waals surface area contributed by atoms with Gasteiger partial charge in [0.25, 0.3) is 0 Å². The molecule has 1 fully saturated rings. The highest BCUT2D eigenvalue weighted by Gasteiger charge is 2.21. The van der Waals surface area contributed by atoms with Crippen LogP contribution < -0.4 is 10.1 Å². The predicted octanol–water partition coefficient (Wildman–Crippen LogP) is 2.37. The number of nitrogens with zero attached hydrogens (tertiary/aromatic N) is 3. The van der Waals surface area contributed by atoms with Gasteiger partial charge in [0.1, 0.15) is 5.84 Å². The number of ether oxygens (including phenoxy) is 1. The number of rotatable bonds is 4. The van der Waals surface area contributed by atoms with E-state index in [1.54, 1.807) is 6.07 Å². The Morgan fingerprint density at radius 1 is 1.19 bits per heavy atom. The minimum absolute atomic E-state index is 0.258. The lowest BCUT2D eigenvalue weighted by Gasteiger charge is -2.34. The zero-order valence-electron chi connectivity index (χ0n) is 14.6. The van der Waals surface area contributed by atoms with Gasteiger partial charge in [0.05, 0.1) is 11.4 Å². The van der Waals surface area contributed by atoms with Crippen molar-refractivity contribution in [1.82, 2.24) is 15.1 Å². The Bertz CT molecular complexity index is 842. The number of benzene rings is 1. The van der Waals surface area contributed by atoms with Gasteiger partial charge >= 0.3 is 6.61 Å². The second-order valence-electron chi connectivity index (χ2n) is 6.40. The molecule has 2 N–H and O–H groups in total. The molecular weight excluding hydrogens is 354 g/mol. The summed E-state index contributed by atoms with van der Waals surface area (Å²) in [5, 5.41) is 13.0. The Balaban J connectivity index is 1.53. The molecule has 0 aromatic heterocycles. The number of hydrogen-bond acceptors (Lipinski definition) is 6. The van der Waals surface area contributed by atoms with E-state index in [0.29, 0.717) is 17.8 Å². The molecule has 3 aliphatic rings. The van der Waals surface area contributed by atoms with E-state index in [4.69, 9.17) is 0 Å². The molecule has 0 aliphatic carbocycles. The molecule has 1 saturated heterocycles. The molecule has 0 unspecified atom stereocenters. The summed E-state index contributed by atoms with van der Waals surface area (Å²) in [5.41, 5.74) is 2.43. The van der Waals surface area contributed by atoms with Crippen molar-refractivity contribution in [3.63, 3.8) is 0 Å². The monoisotopic (exact) mass is 374 g/mol. The van der Waals surface area contributed by atoms with Crippen LogP contribution in [0, 0.1) is 0 Å². The van der Waals surface area contributed by atoms with Crippen LogP contribution in [0.1, 0.15) is 5.56 Å². The van der Waals surface area contributed by atoms with Crippen molar-refractivity contribution in [2.45, 2.75) is 6.61 Å². The summed E-state index contributed by atoms with van der Waals surface area (Å²) in [6, 6.07) is 4.34. The number of halogens is 2. The lowest BCUT2D eigenvalue weighted by atomic mass is 10.1. The largest absolute Gasteiger partial charge is 0.504 e. The summed E-state index contributed by atoms with van der Waals surface area (Å²) in [5.74, 6) is 0.202. The first-order valence-corrected chi connectivity index (χ1v) is 8.79. The van der Waals surface area contributed by atoms with Gasteiger partial charge in [-0.25, -0.2) is 4.99 Å². The van der Waals surface area contributed by atoms with E-state index in [0.717, 1.165) is 37.7 Å². The second kappa shape index (κ2) is 7.40. The van der Waals surface area contributed by atoms with Gasteiger partial charge in [0.15, 0.2) is 11.5 Å². The number of piperazine rings is 1. The molecular formula is C19H20F2N4O2. The number of allylic oxidation sites excluding steroid dienone is 1. The van der Waals surface area contributed by atoms with Gasteiger partial charge in [-0.1, -0.05) is 0 Å². The minimum atomic E-state index is -3.00. The molecule has 0 saturated carbocycles. The molecule has 142 valence electrons. The van der Waals surface area contributed by atoms with Gasteiger partial charge in [-0.3, -0.25) is 0 Å². The zero-order valence-corrected chi connectivity index (χ0v) is 14.6. The predicted molar refractivity (Wildman–Crippen MR) is 98.5 cm³/mol. The van der Waals surface area contributed by atoms with Crippen molar-refractivity contribution in [3.05, 3.63) is 53.9 Å². The quantitative estimate of drug-likeness (QED) is 0.847. The number of amidine groups is 1. The zero-order chi connectivity index (χ0) is 18.8. The number of nitrogens with one attached hydrogen (secondary N) is 1. The number of aromatic hydroxyl groups is 1. The van der Waals surface area contributed by atoms with Crippen LogP contribution in [0.2, 0.25) is 0 Å². The van der Waals surface area contributed by atoms with Crippen LogP contribution in [0.3, 0.4) is 0 Å². The third-order valence-corrected chi connectivity index (χ3v) is 4.66. The smallest absolute Gasteiger partial charge is 0.387 e. The van der Waals surface area contributed by atoms with E-state index in [1.807, 2.05) is 18.2 Å². The fourth-order valence-electron chi connectivity index (χ4n) is 3.28. The summed E-state index contributed by atoms with van der Waals surface area (Å²) in [6.07, 6.45) is 8.01. The number of aliphatic imine (C=N–C) groups is 1. The van der Waals surface area contributed by atoms with Gasteiger partial charge in [-0.15, -0.1) is 0 Å². The van der Waals surface area contributed by atoms with E-state index >= 15 is 0 Å². The third kappa shape index (κ3) is 3.80. The Hall–Kier alpha value is -2.87. The minimum Gasteiger partial charge on any atom is -0.504 e. The van der Waals surface area contributed by atoms with Crippen LogP contribution in [0.5, 0.6) is 11.5 Å². The molecule has 0 spiro atoms. The van der Waals surface area contributed by atoms with E-state index in [9.17, 15) is 13.9 Å². The Kier molecular flexibility index (Phi) is 4.81. The molecule has 4 rings (SSSR count). The highest BCUT2D eigenvalue weighted by molar-refractivity contribution is 6.00. The van der Waals surface area contributed by atoms with E-state index < -0.39 is 6.61 Å². The van der Waals surface area contributed by atoms with E-state index in [1.165, 1.54) is 12.1 Å². The maximum Gasteiger partial charge on any atom is 0.387 e. The molecule has 8 heteroatoms. The van der Waals surface area contributed by atoms with Gasteiger partial charge in [-0.05, 0) is 36.4 Å². The number of hydrogen-bond donors (Lipinski definition) is 2. The van der Waals surface area contributed by atoms with Crippen LogP contribution in [-0.2, 0) is 0 Å². The van der Waals surface area contributed by atoms with Crippen molar-refractivity contribution < 1.29 is 18.6 Å². The molecule has 3 aliphatic heterocycles. The van der Waals surface area contributed by atoms with Crippen molar-refractivity contribution in [2.75, 3.05) is 32.7 Å². The molecule has 0 amide bonds. The van der Waals surface area contributed by atoms with Crippen molar-refractivity contribution in [1.29, 1.82) is 0 Å². The van der Waals surface area contributed by atoms with Crippen molar-refractivity contribution in [3.8, 4) is 11.5 Å². The lowest BCUT2D eigenvalue weighted by Crippen LogP contribution is -2.44. The summed E-state index contributed by atoms with van der Waals surface area (Å²) >= 11 is 0. The maximum absolute atomic E-state index is 12.5. The molecule has 0 radical (unpaired) electrons. The normalized spacial score (nSPS) is 19.4. The molecule has 3 heterocycles. The van der Waals surface area contributed by atoms with Crippen LogP contribution >= 0.6 is 0 Å². The first-order valence-electron chi connectivity index (χ1n) is 8.79. The Morgan fingerprint density at radius 2 is 2.00 bits per heavy atom. The third-order valence-electron chi connectivity index (χ3n) is 4.66. The number of fused-ring (bicyclic) bond motifs is 1. The molecule has 0 bridgehead atoms. The number of alkyl halides is 2. The molecule has 27 heavy (non-hydrogen) atoms. The SMILES string of the molecule is Oc1ccc(C2=CCN3C=C(N4CCNCC4)C=CC3=N2)cc1OC(F)F. The Labute approximate surface area is 155 Å². The van der Waals surface area contributed by atoms with Crippen molar-refractivity contribution in [2.24, 2.45) is 4.99 Å². The highest BCUT2D eigenvalue weighted by atomic mass is 19.3. The average molecular weight is 374 g/mol. The van der Waals surface area contributed by atoms with E-state index in [-0.39, 0.29) is 11.5 Å². The average Bonchev–Trinajstić information content (AvgIpc) is 2.69. The summed E-state index contributed by atoms with van der Waals surface area (Å²) in [7, 11) is 0. The topological polar surface area (TPSA) is 60.3 Å². The van der Waals surface area contributed by atoms with Crippen LogP contribution in [-0.4, -0.2) is 60.1 Å². The lowest BCUT2D eigenvalue weighted by molar-refractivity contribution is -0.0512. The van der Waals surface area contributed by atoms with E-state index in [2.05, 4.69) is 31.0 Å². The van der Waals surface area contributed by atoms with Gasteiger partial charge in [-0.2, -0.15) is 8.78 Å². The number of phenolic OH excluding ortho intramolecular Hbond substituents is 1. The highest BCUT2D eigenvalue weighted by Crippen LogP contribution is 2.32. The Morgan fingerprint density at radius 3 is 2.78 bits per heavy atom. The molecule has 6 nitrogen and oxygen atoms in total. The summed E-state index contributed by atoms with van der Waals surface area (Å²) in [4.78, 5) is 9.00. The first kappa shape index (κ1) is 17.5. The molecule has 1 aromatic carbocycles. The van der Waals surface area contributed by atoms with Gasteiger partial charge < -0.3 is 25.0 Å². The van der Waals surface area contributed by atoms with Crippen LogP contribution in [0.15, 0.2) is 53.3 Å². The van der Waals surface area contributed by atoms with Crippen LogP contribution in [0.25, 0.3) is 5.70 Å². The first-order chi connectivity index (χ1) is 13.1.